The number of carbonyl (C=O) groups is 1. The largest absolute Gasteiger partial charge is 0.692 e. The van der Waals surface area contributed by atoms with E-state index in [2.05, 4.69) is 5.32 Å². The van der Waals surface area contributed by atoms with E-state index in [4.69, 9.17) is 19.5 Å². The zero-order valence-electron chi connectivity index (χ0n) is 6.88. The Bertz CT molecular complexity index is 178. The summed E-state index contributed by atoms with van der Waals surface area (Å²) in [6.07, 6.45) is -0.809. The van der Waals surface area contributed by atoms with Crippen LogP contribution in [0.15, 0.2) is 0 Å². The number of hydrogen-bond acceptors (Lipinski definition) is 3. The molecule has 0 aromatic heterocycles. The lowest BCUT2D eigenvalue weighted by molar-refractivity contribution is 0.139. The van der Waals surface area contributed by atoms with Gasteiger partial charge in [-0.2, -0.15) is 0 Å². The highest BCUT2D eigenvalue weighted by molar-refractivity contribution is 7.30. The van der Waals surface area contributed by atoms with E-state index in [0.29, 0.717) is 13.1 Å². The summed E-state index contributed by atoms with van der Waals surface area (Å²) in [6.45, 7) is 2.81. The van der Waals surface area contributed by atoms with Crippen LogP contribution < -0.4 is 5.32 Å². The Morgan fingerprint density at radius 3 is 1.92 bits per heavy atom. The molecule has 1 fully saturated rings. The average Bonchev–Trinajstić information content (AvgIpc) is 2.05. The maximum Gasteiger partial charge on any atom is 0.692 e. The number of nitrogens with zero attached hydrogens (tertiary/aromatic N) is 1. The molecule has 1 heterocycles. The molecule has 0 radical (unpaired) electrons. The number of amides is 1. The van der Waals surface area contributed by atoms with Crippen molar-refractivity contribution in [3.8, 4) is 0 Å². The van der Waals surface area contributed by atoms with E-state index in [9.17, 15) is 4.79 Å². The molecule has 0 aromatic carbocycles. The molecule has 1 amide bonds. The van der Waals surface area contributed by atoms with E-state index >= 15 is 0 Å². The van der Waals surface area contributed by atoms with Crippen molar-refractivity contribution in [2.45, 2.75) is 0 Å². The van der Waals surface area contributed by atoms with Gasteiger partial charge in [-0.25, -0.2) is 4.79 Å². The number of piperazine rings is 1. The van der Waals surface area contributed by atoms with Gasteiger partial charge in [0.15, 0.2) is 0 Å². The summed E-state index contributed by atoms with van der Waals surface area (Å²) in [5, 5.41) is 11.5. The van der Waals surface area contributed by atoms with Gasteiger partial charge in [0.05, 0.1) is 0 Å². The molecular weight excluding hydrogens is 199 g/mol. The Balaban J connectivity index is 0.000000310. The fraction of sp³-hybridized carbons (Fsp3) is 0.800. The minimum Gasteiger partial charge on any atom is -0.465 e. The molecule has 13 heavy (non-hydrogen) atoms. The summed E-state index contributed by atoms with van der Waals surface area (Å²) in [5.41, 5.74) is 0. The van der Waals surface area contributed by atoms with Crippen LogP contribution in [0.5, 0.6) is 0 Å². The zero-order valence-corrected chi connectivity index (χ0v) is 7.78. The Morgan fingerprint density at radius 2 is 1.69 bits per heavy atom. The van der Waals surface area contributed by atoms with E-state index in [-0.39, 0.29) is 0 Å². The fourth-order valence-corrected chi connectivity index (χ4v) is 0.856. The summed E-state index contributed by atoms with van der Waals surface area (Å²) >= 11 is 0. The van der Waals surface area contributed by atoms with Crippen molar-refractivity contribution in [2.75, 3.05) is 26.2 Å². The highest BCUT2D eigenvalue weighted by Crippen LogP contribution is 1.98. The van der Waals surface area contributed by atoms with Gasteiger partial charge in [-0.1, -0.05) is 0 Å². The molecule has 1 aliphatic heterocycles. The predicted octanol–water partition coefficient (Wildman–Crippen LogP) is -0.802. The van der Waals surface area contributed by atoms with Crippen LogP contribution in [0.25, 0.3) is 0 Å². The van der Waals surface area contributed by atoms with E-state index in [1.165, 1.54) is 4.90 Å². The van der Waals surface area contributed by atoms with Crippen molar-refractivity contribution in [2.24, 2.45) is 0 Å². The smallest absolute Gasteiger partial charge is 0.465 e. The standard InChI is InChI=1S/C5H10N2O2.HO3P/c8-5(9)7-3-1-6-2-4-7;1-4(2)3/h6H,1-4H2,(H,8,9);(H-,1,2,3)/p+1. The van der Waals surface area contributed by atoms with Gasteiger partial charge < -0.3 is 15.3 Å². The van der Waals surface area contributed by atoms with Crippen LogP contribution in [-0.4, -0.2) is 52.1 Å². The molecule has 0 bridgehead atoms. The molecule has 1 aliphatic rings. The van der Waals surface area contributed by atoms with Crippen LogP contribution in [0.4, 0.5) is 4.79 Å². The number of hydrogen-bond donors (Lipinski definition) is 4. The van der Waals surface area contributed by atoms with Gasteiger partial charge in [0.25, 0.3) is 0 Å². The summed E-state index contributed by atoms with van der Waals surface area (Å²) < 4.78 is 8.70. The van der Waals surface area contributed by atoms with Crippen molar-refractivity contribution >= 4 is 14.3 Å². The van der Waals surface area contributed by atoms with E-state index in [1.807, 2.05) is 0 Å². The average molecular weight is 211 g/mol. The molecule has 0 aromatic rings. The van der Waals surface area contributed by atoms with Crippen molar-refractivity contribution in [3.63, 3.8) is 0 Å². The van der Waals surface area contributed by atoms with Crippen LogP contribution in [0, 0.1) is 0 Å². The van der Waals surface area contributed by atoms with Crippen LogP contribution in [0.3, 0.4) is 0 Å². The molecule has 1 saturated heterocycles. The molecule has 76 valence electrons. The van der Waals surface area contributed by atoms with Gasteiger partial charge >= 0.3 is 14.3 Å². The summed E-state index contributed by atoms with van der Waals surface area (Å²) in [6, 6.07) is 0. The summed E-state index contributed by atoms with van der Waals surface area (Å²) in [7, 11) is -2.87. The Morgan fingerprint density at radius 1 is 1.31 bits per heavy atom. The molecule has 4 N–H and O–H groups in total. The Labute approximate surface area is 75.9 Å². The van der Waals surface area contributed by atoms with E-state index < -0.39 is 14.3 Å². The maximum absolute atomic E-state index is 10.3. The van der Waals surface area contributed by atoms with E-state index in [1.54, 1.807) is 0 Å². The molecule has 0 aliphatic carbocycles. The lowest BCUT2D eigenvalue weighted by Gasteiger charge is -2.23. The third-order valence-corrected chi connectivity index (χ3v) is 1.39. The molecule has 0 spiro atoms. The first-order valence-corrected chi connectivity index (χ1v) is 4.74. The van der Waals surface area contributed by atoms with Gasteiger partial charge in [-0.05, 0) is 0 Å². The first-order valence-electron chi connectivity index (χ1n) is 3.57. The quantitative estimate of drug-likeness (QED) is 0.390. The van der Waals surface area contributed by atoms with Gasteiger partial charge in [0.1, 0.15) is 0 Å². The third-order valence-electron chi connectivity index (χ3n) is 1.39. The highest BCUT2D eigenvalue weighted by Gasteiger charge is 2.13. The monoisotopic (exact) mass is 211 g/mol. The van der Waals surface area contributed by atoms with Crippen LogP contribution in [0.1, 0.15) is 0 Å². The minimum atomic E-state index is -2.87. The minimum absolute atomic E-state index is 0.620. The van der Waals surface area contributed by atoms with Crippen LogP contribution >= 0.6 is 8.25 Å². The summed E-state index contributed by atoms with van der Waals surface area (Å²) in [5.74, 6) is 0. The van der Waals surface area contributed by atoms with Crippen molar-refractivity contribution < 1.29 is 24.3 Å². The molecular formula is C5H12N2O5P+. The molecule has 1 rings (SSSR count). The fourth-order valence-electron chi connectivity index (χ4n) is 0.856. The SMILES string of the molecule is O=C(O)N1CCNCC1.O=[P+](O)O. The third kappa shape index (κ3) is 7.61. The number of carboxylic acid groups (broad SMARTS) is 1. The molecule has 7 nitrogen and oxygen atoms in total. The second-order valence-corrected chi connectivity index (χ2v) is 2.78. The Hall–Kier alpha value is -0.750. The maximum atomic E-state index is 10.3. The first kappa shape index (κ1) is 12.2. The Kier molecular flexibility index (Phi) is 6.34. The molecule has 0 atom stereocenters. The number of rotatable bonds is 0. The second-order valence-electron chi connectivity index (χ2n) is 2.27. The number of nitrogens with one attached hydrogen (secondary N) is 1. The molecule has 8 heteroatoms. The summed E-state index contributed by atoms with van der Waals surface area (Å²) in [4.78, 5) is 25.9. The van der Waals surface area contributed by atoms with E-state index in [0.717, 1.165) is 13.1 Å². The van der Waals surface area contributed by atoms with Crippen molar-refractivity contribution in [1.82, 2.24) is 10.2 Å². The normalized spacial score (nSPS) is 15.7. The van der Waals surface area contributed by atoms with Crippen molar-refractivity contribution in [3.05, 3.63) is 0 Å². The van der Waals surface area contributed by atoms with Gasteiger partial charge in [-0.3, -0.25) is 0 Å². The lowest BCUT2D eigenvalue weighted by Crippen LogP contribution is -2.45. The van der Waals surface area contributed by atoms with Gasteiger partial charge in [0.2, 0.25) is 0 Å². The first-order chi connectivity index (χ1) is 6.04. The van der Waals surface area contributed by atoms with Crippen molar-refractivity contribution in [1.29, 1.82) is 0 Å². The van der Waals surface area contributed by atoms with Crippen LogP contribution in [-0.2, 0) is 4.57 Å². The molecule has 0 saturated carbocycles. The predicted molar refractivity (Wildman–Crippen MR) is 44.5 cm³/mol. The second kappa shape index (κ2) is 6.73. The highest BCUT2D eigenvalue weighted by atomic mass is 31.1. The topological polar surface area (TPSA) is 110 Å². The zero-order chi connectivity index (χ0) is 10.3. The lowest BCUT2D eigenvalue weighted by atomic mass is 10.4. The van der Waals surface area contributed by atoms with Crippen LogP contribution in [0.2, 0.25) is 0 Å². The molecule has 0 unspecified atom stereocenters. The van der Waals surface area contributed by atoms with Gasteiger partial charge in [-0.15, -0.1) is 9.79 Å². The van der Waals surface area contributed by atoms with Gasteiger partial charge in [0, 0.05) is 30.7 Å².